The van der Waals surface area contributed by atoms with Gasteiger partial charge in [0.05, 0.1) is 12.3 Å². The van der Waals surface area contributed by atoms with Crippen molar-refractivity contribution in [3.63, 3.8) is 0 Å². The van der Waals surface area contributed by atoms with Crippen molar-refractivity contribution < 1.29 is 19.4 Å². The van der Waals surface area contributed by atoms with Crippen molar-refractivity contribution in [3.8, 4) is 0 Å². The van der Waals surface area contributed by atoms with E-state index in [9.17, 15) is 14.7 Å². The first-order valence-electron chi connectivity index (χ1n) is 17.5. The fraction of sp³-hybridized carbons (Fsp3) is 0.553. The van der Waals surface area contributed by atoms with Gasteiger partial charge in [0.1, 0.15) is 12.6 Å². The molecule has 3 aromatic rings. The molecule has 3 heterocycles. The van der Waals surface area contributed by atoms with Crippen molar-refractivity contribution in [2.45, 2.75) is 82.7 Å². The van der Waals surface area contributed by atoms with E-state index in [1.807, 2.05) is 29.8 Å². The molecular formula is C38H50N4O4. The highest BCUT2D eigenvalue weighted by Crippen LogP contribution is 2.39. The van der Waals surface area contributed by atoms with Gasteiger partial charge in [-0.1, -0.05) is 79.9 Å². The smallest absolute Gasteiger partial charge is 0.327 e. The van der Waals surface area contributed by atoms with Gasteiger partial charge in [0, 0.05) is 43.6 Å². The lowest BCUT2D eigenvalue weighted by Gasteiger charge is -2.35. The summed E-state index contributed by atoms with van der Waals surface area (Å²) in [5.41, 5.74) is 4.64. The summed E-state index contributed by atoms with van der Waals surface area (Å²) in [6.45, 7) is 6.95. The van der Waals surface area contributed by atoms with Crippen LogP contribution >= 0.6 is 0 Å². The number of hydrogen-bond acceptors (Lipinski definition) is 6. The van der Waals surface area contributed by atoms with Crippen LogP contribution < -0.4 is 0 Å². The lowest BCUT2D eigenvalue weighted by atomic mass is 9.83. The van der Waals surface area contributed by atoms with Crippen molar-refractivity contribution in [1.82, 2.24) is 19.6 Å². The lowest BCUT2D eigenvalue weighted by molar-refractivity contribution is -0.146. The predicted molar refractivity (Wildman–Crippen MR) is 179 cm³/mol. The molecule has 246 valence electrons. The number of rotatable bonds is 12. The molecule has 8 nitrogen and oxygen atoms in total. The molecule has 2 aliphatic heterocycles. The van der Waals surface area contributed by atoms with Gasteiger partial charge in [0.25, 0.3) is 0 Å². The van der Waals surface area contributed by atoms with Gasteiger partial charge in [0.15, 0.2) is 0 Å². The van der Waals surface area contributed by atoms with E-state index in [2.05, 4.69) is 58.3 Å². The average molecular weight is 627 g/mol. The van der Waals surface area contributed by atoms with E-state index in [4.69, 9.17) is 9.84 Å². The lowest BCUT2D eigenvalue weighted by Crippen LogP contribution is -2.46. The first-order valence-corrected chi connectivity index (χ1v) is 17.5. The maximum Gasteiger partial charge on any atom is 0.327 e. The predicted octanol–water partition coefficient (Wildman–Crippen LogP) is 5.97. The molecule has 2 aromatic carbocycles. The molecule has 0 radical (unpaired) electrons. The summed E-state index contributed by atoms with van der Waals surface area (Å²) in [4.78, 5) is 29.9. The van der Waals surface area contributed by atoms with Gasteiger partial charge in [-0.25, -0.2) is 0 Å². The third kappa shape index (κ3) is 7.89. The summed E-state index contributed by atoms with van der Waals surface area (Å²) in [6, 6.07) is 22.9. The first kappa shape index (κ1) is 32.5. The summed E-state index contributed by atoms with van der Waals surface area (Å²) in [7, 11) is 0. The molecule has 3 aliphatic rings. The molecule has 3 fully saturated rings. The van der Waals surface area contributed by atoms with Crippen LogP contribution in [0, 0.1) is 11.8 Å². The SMILES string of the molecule is CCOC(=O)Cn1nc(C2CCN(C[C@H]3CN([C@@H](C(=O)O)C4CCCCC4)CC3c3ccccc3)CC2)cc1Cc1ccccc1. The highest BCUT2D eigenvalue weighted by atomic mass is 16.5. The van der Waals surface area contributed by atoms with E-state index in [1.165, 1.54) is 17.5 Å². The average Bonchev–Trinajstić information content (AvgIpc) is 3.66. The molecule has 1 saturated carbocycles. The van der Waals surface area contributed by atoms with Gasteiger partial charge in [-0.15, -0.1) is 0 Å². The van der Waals surface area contributed by atoms with Gasteiger partial charge < -0.3 is 14.7 Å². The van der Waals surface area contributed by atoms with Crippen LogP contribution in [0.25, 0.3) is 0 Å². The number of aromatic nitrogens is 2. The molecule has 0 spiro atoms. The normalized spacial score (nSPS) is 22.5. The Morgan fingerprint density at radius 1 is 0.935 bits per heavy atom. The molecule has 1 aromatic heterocycles. The molecule has 2 saturated heterocycles. The van der Waals surface area contributed by atoms with Crippen molar-refractivity contribution in [1.29, 1.82) is 0 Å². The number of carbonyl (C=O) groups is 2. The fourth-order valence-corrected chi connectivity index (χ4v) is 8.33. The highest BCUT2D eigenvalue weighted by Gasteiger charge is 2.43. The quantitative estimate of drug-likeness (QED) is 0.248. The van der Waals surface area contributed by atoms with Gasteiger partial charge in [-0.05, 0) is 74.7 Å². The number of ether oxygens (including phenoxy) is 1. The molecular weight excluding hydrogens is 576 g/mol. The Hall–Kier alpha value is -3.49. The van der Waals surface area contributed by atoms with E-state index >= 15 is 0 Å². The summed E-state index contributed by atoms with van der Waals surface area (Å²) in [6.07, 6.45) is 8.36. The minimum atomic E-state index is -0.644. The minimum Gasteiger partial charge on any atom is -0.480 e. The largest absolute Gasteiger partial charge is 0.480 e. The number of esters is 1. The molecule has 46 heavy (non-hydrogen) atoms. The van der Waals surface area contributed by atoms with Crippen molar-refractivity contribution >= 4 is 11.9 Å². The topological polar surface area (TPSA) is 87.9 Å². The first-order chi connectivity index (χ1) is 22.5. The van der Waals surface area contributed by atoms with E-state index < -0.39 is 5.97 Å². The van der Waals surface area contributed by atoms with Gasteiger partial charge >= 0.3 is 11.9 Å². The van der Waals surface area contributed by atoms with Gasteiger partial charge in [0.2, 0.25) is 0 Å². The van der Waals surface area contributed by atoms with Crippen LogP contribution in [0.5, 0.6) is 0 Å². The van der Waals surface area contributed by atoms with Crippen LogP contribution in [0.1, 0.15) is 86.2 Å². The monoisotopic (exact) mass is 626 g/mol. The summed E-state index contributed by atoms with van der Waals surface area (Å²) in [5.74, 6) is 0.436. The molecule has 1 aliphatic carbocycles. The number of carboxylic acids is 1. The van der Waals surface area contributed by atoms with E-state index in [0.717, 1.165) is 89.1 Å². The second-order valence-electron chi connectivity index (χ2n) is 13.7. The van der Waals surface area contributed by atoms with Gasteiger partial charge in [-0.3, -0.25) is 19.2 Å². The number of hydrogen-bond donors (Lipinski definition) is 1. The maximum absolute atomic E-state index is 12.6. The zero-order valence-corrected chi connectivity index (χ0v) is 27.3. The Morgan fingerprint density at radius 3 is 2.30 bits per heavy atom. The number of carboxylic acid groups (broad SMARTS) is 1. The van der Waals surface area contributed by atoms with Crippen LogP contribution in [0.4, 0.5) is 0 Å². The molecule has 0 amide bonds. The summed E-state index contributed by atoms with van der Waals surface area (Å²) < 4.78 is 7.09. The van der Waals surface area contributed by atoms with E-state index in [-0.39, 0.29) is 24.5 Å². The van der Waals surface area contributed by atoms with E-state index in [1.54, 1.807) is 0 Å². The number of likely N-dealkylation sites (tertiary alicyclic amines) is 2. The maximum atomic E-state index is 12.6. The number of piperidine rings is 1. The molecule has 8 heteroatoms. The number of nitrogens with zero attached hydrogens (tertiary/aromatic N) is 4. The molecule has 1 N–H and O–H groups in total. The minimum absolute atomic E-state index is 0.131. The Balaban J connectivity index is 1.13. The Labute approximate surface area is 273 Å². The zero-order valence-electron chi connectivity index (χ0n) is 27.3. The summed E-state index contributed by atoms with van der Waals surface area (Å²) in [5, 5.41) is 15.3. The zero-order chi connectivity index (χ0) is 31.9. The molecule has 1 unspecified atom stereocenters. The number of carbonyl (C=O) groups excluding carboxylic acids is 1. The Morgan fingerprint density at radius 2 is 1.63 bits per heavy atom. The highest BCUT2D eigenvalue weighted by molar-refractivity contribution is 5.74. The van der Waals surface area contributed by atoms with Crippen molar-refractivity contribution in [2.75, 3.05) is 39.3 Å². The second kappa shape index (κ2) is 15.4. The Kier molecular flexibility index (Phi) is 10.9. The molecule has 0 bridgehead atoms. The van der Waals surface area contributed by atoms with Crippen LogP contribution in [-0.2, 0) is 27.3 Å². The van der Waals surface area contributed by atoms with Crippen LogP contribution in [0.15, 0.2) is 66.7 Å². The standard InChI is InChI=1S/C38H50N4O4/c1-2-46-36(43)27-42-33(22-28-12-6-3-7-13-28)23-35(39-42)30-18-20-40(21-19-30)24-32-25-41(26-34(32)29-14-8-4-9-15-29)37(38(44)45)31-16-10-5-11-17-31/h3-4,6-9,12-15,23,30-32,34,37H,2,5,10-11,16-22,24-27H2,1H3,(H,44,45)/t32-,34?,37+/m0/s1. The van der Waals surface area contributed by atoms with Crippen molar-refractivity contribution in [3.05, 3.63) is 89.2 Å². The third-order valence-electron chi connectivity index (χ3n) is 10.6. The van der Waals surface area contributed by atoms with Crippen LogP contribution in [0.3, 0.4) is 0 Å². The second-order valence-corrected chi connectivity index (χ2v) is 13.7. The number of aliphatic carboxylic acids is 1. The Bertz CT molecular complexity index is 1410. The van der Waals surface area contributed by atoms with Gasteiger partial charge in [-0.2, -0.15) is 5.10 Å². The molecule has 3 atom stereocenters. The summed E-state index contributed by atoms with van der Waals surface area (Å²) >= 11 is 0. The van der Waals surface area contributed by atoms with Crippen molar-refractivity contribution in [2.24, 2.45) is 11.8 Å². The third-order valence-corrected chi connectivity index (χ3v) is 10.6. The van der Waals surface area contributed by atoms with E-state index in [0.29, 0.717) is 24.4 Å². The van der Waals surface area contributed by atoms with Crippen LogP contribution in [-0.4, -0.2) is 82.0 Å². The number of benzene rings is 2. The fourth-order valence-electron chi connectivity index (χ4n) is 8.33. The van der Waals surface area contributed by atoms with Crippen LogP contribution in [0.2, 0.25) is 0 Å². The molecule has 6 rings (SSSR count).